The summed E-state index contributed by atoms with van der Waals surface area (Å²) >= 11 is 0. The Morgan fingerprint density at radius 3 is 2.70 bits per heavy atom. The van der Waals surface area contributed by atoms with Crippen molar-refractivity contribution in [3.05, 3.63) is 42.0 Å². The Bertz CT molecular complexity index is 746. The van der Waals surface area contributed by atoms with Crippen molar-refractivity contribution in [3.8, 4) is 0 Å². The van der Waals surface area contributed by atoms with E-state index in [2.05, 4.69) is 20.2 Å². The van der Waals surface area contributed by atoms with Gasteiger partial charge in [0, 0.05) is 25.8 Å². The number of ether oxygens (including phenoxy) is 1. The first-order chi connectivity index (χ1) is 12.9. The van der Waals surface area contributed by atoms with Crippen molar-refractivity contribution in [2.75, 3.05) is 32.8 Å². The maximum absolute atomic E-state index is 13.3. The normalized spacial score (nSPS) is 16.9. The highest BCUT2D eigenvalue weighted by Gasteiger charge is 2.43. The molecule has 3 rings (SSSR count). The molecule has 27 heavy (non-hydrogen) atoms. The van der Waals surface area contributed by atoms with Gasteiger partial charge in [0.05, 0.1) is 31.6 Å². The molecule has 0 radical (unpaired) electrons. The molecule has 3 heterocycles. The third-order valence-corrected chi connectivity index (χ3v) is 4.11. The lowest BCUT2D eigenvalue weighted by Gasteiger charge is -2.26. The molecular weight excluding hydrogens is 365 g/mol. The molecule has 1 saturated heterocycles. The molecule has 146 valence electrons. The van der Waals surface area contributed by atoms with Gasteiger partial charge in [-0.2, -0.15) is 13.2 Å². The SMILES string of the molecule is O=C(NC(c1ccccn1)C(F)(F)F)c1cn(CCN2CCOCC2)nn1. The van der Waals surface area contributed by atoms with Gasteiger partial charge >= 0.3 is 6.18 Å². The minimum atomic E-state index is -4.68. The van der Waals surface area contributed by atoms with Crippen LogP contribution in [0.3, 0.4) is 0 Å². The Morgan fingerprint density at radius 1 is 1.26 bits per heavy atom. The van der Waals surface area contributed by atoms with Gasteiger partial charge < -0.3 is 10.1 Å². The molecular formula is C16H19F3N6O2. The summed E-state index contributed by atoms with van der Waals surface area (Å²) in [4.78, 5) is 18.1. The molecule has 1 fully saturated rings. The maximum Gasteiger partial charge on any atom is 0.414 e. The van der Waals surface area contributed by atoms with E-state index >= 15 is 0 Å². The fourth-order valence-corrected chi connectivity index (χ4v) is 2.66. The zero-order chi connectivity index (χ0) is 19.3. The highest BCUT2D eigenvalue weighted by Crippen LogP contribution is 2.31. The monoisotopic (exact) mass is 384 g/mol. The van der Waals surface area contributed by atoms with E-state index in [-0.39, 0.29) is 11.4 Å². The first-order valence-corrected chi connectivity index (χ1v) is 8.42. The van der Waals surface area contributed by atoms with Gasteiger partial charge in [0.25, 0.3) is 5.91 Å². The van der Waals surface area contributed by atoms with Crippen LogP contribution in [-0.2, 0) is 11.3 Å². The predicted molar refractivity (Wildman–Crippen MR) is 87.8 cm³/mol. The Morgan fingerprint density at radius 2 is 2.04 bits per heavy atom. The van der Waals surface area contributed by atoms with Gasteiger partial charge in [-0.05, 0) is 12.1 Å². The van der Waals surface area contributed by atoms with Crippen molar-refractivity contribution < 1.29 is 22.7 Å². The number of amides is 1. The van der Waals surface area contributed by atoms with Crippen LogP contribution in [0.15, 0.2) is 30.6 Å². The number of hydrogen-bond donors (Lipinski definition) is 1. The zero-order valence-corrected chi connectivity index (χ0v) is 14.4. The summed E-state index contributed by atoms with van der Waals surface area (Å²) in [5.41, 5.74) is -0.472. The molecule has 0 saturated carbocycles. The number of nitrogens with zero attached hydrogens (tertiary/aromatic N) is 5. The van der Waals surface area contributed by atoms with E-state index in [9.17, 15) is 18.0 Å². The van der Waals surface area contributed by atoms with E-state index in [1.165, 1.54) is 35.3 Å². The Kier molecular flexibility index (Phi) is 6.01. The van der Waals surface area contributed by atoms with Crippen LogP contribution in [0, 0.1) is 0 Å². The molecule has 1 aliphatic rings. The average molecular weight is 384 g/mol. The fraction of sp³-hybridized carbons (Fsp3) is 0.500. The van der Waals surface area contributed by atoms with Gasteiger partial charge in [-0.3, -0.25) is 19.4 Å². The highest BCUT2D eigenvalue weighted by atomic mass is 19.4. The van der Waals surface area contributed by atoms with Crippen LogP contribution in [0.25, 0.3) is 0 Å². The van der Waals surface area contributed by atoms with Gasteiger partial charge in [0.15, 0.2) is 11.7 Å². The molecule has 1 amide bonds. The van der Waals surface area contributed by atoms with Crippen molar-refractivity contribution in [2.45, 2.75) is 18.8 Å². The second-order valence-electron chi connectivity index (χ2n) is 6.02. The van der Waals surface area contributed by atoms with Gasteiger partial charge in [0.2, 0.25) is 0 Å². The number of carbonyl (C=O) groups is 1. The van der Waals surface area contributed by atoms with E-state index in [1.54, 1.807) is 0 Å². The number of rotatable bonds is 6. The molecule has 2 aromatic rings. The van der Waals surface area contributed by atoms with Crippen LogP contribution in [0.1, 0.15) is 22.2 Å². The van der Waals surface area contributed by atoms with Gasteiger partial charge in [-0.15, -0.1) is 5.10 Å². The third kappa shape index (κ3) is 5.23. The molecule has 11 heteroatoms. The summed E-state index contributed by atoms with van der Waals surface area (Å²) in [6.07, 6.45) is -2.11. The molecule has 0 aromatic carbocycles. The predicted octanol–water partition coefficient (Wildman–Crippen LogP) is 1.04. The summed E-state index contributed by atoms with van der Waals surface area (Å²) in [6.45, 7) is 4.10. The van der Waals surface area contributed by atoms with Crippen LogP contribution in [-0.4, -0.2) is 69.8 Å². The minimum Gasteiger partial charge on any atom is -0.379 e. The number of hydrogen-bond acceptors (Lipinski definition) is 6. The Hall–Kier alpha value is -2.53. The summed E-state index contributed by atoms with van der Waals surface area (Å²) in [5, 5.41) is 9.43. The van der Waals surface area contributed by atoms with E-state index < -0.39 is 18.1 Å². The first-order valence-electron chi connectivity index (χ1n) is 8.42. The van der Waals surface area contributed by atoms with Crippen LogP contribution in [0.4, 0.5) is 13.2 Å². The van der Waals surface area contributed by atoms with E-state index in [1.807, 2.05) is 5.32 Å². The molecule has 0 aliphatic carbocycles. The molecule has 8 nitrogen and oxygen atoms in total. The Labute approximate surface area is 153 Å². The zero-order valence-electron chi connectivity index (χ0n) is 14.4. The molecule has 0 spiro atoms. The number of carbonyl (C=O) groups excluding carboxylic acids is 1. The lowest BCUT2D eigenvalue weighted by atomic mass is 10.1. The van der Waals surface area contributed by atoms with Crippen LogP contribution >= 0.6 is 0 Å². The van der Waals surface area contributed by atoms with Crippen molar-refractivity contribution in [2.24, 2.45) is 0 Å². The number of halogens is 3. The Balaban J connectivity index is 1.62. The first kappa shape index (κ1) is 19.2. The van der Waals surface area contributed by atoms with Crippen LogP contribution in [0.5, 0.6) is 0 Å². The van der Waals surface area contributed by atoms with Gasteiger partial charge in [-0.25, -0.2) is 0 Å². The average Bonchev–Trinajstić information content (AvgIpc) is 3.14. The quantitative estimate of drug-likeness (QED) is 0.801. The van der Waals surface area contributed by atoms with Crippen LogP contribution in [0.2, 0.25) is 0 Å². The second-order valence-corrected chi connectivity index (χ2v) is 6.02. The summed E-state index contributed by atoms with van der Waals surface area (Å²) in [6, 6.07) is 1.91. The number of pyridine rings is 1. The highest BCUT2D eigenvalue weighted by molar-refractivity contribution is 5.92. The summed E-state index contributed by atoms with van der Waals surface area (Å²) in [7, 11) is 0. The molecule has 1 aliphatic heterocycles. The standard InChI is InChI=1S/C16H19F3N6O2/c17-16(18,19)14(12-3-1-2-4-20-12)21-15(26)13-11-25(23-22-13)6-5-24-7-9-27-10-8-24/h1-4,11,14H,5-10H2,(H,21,26). The maximum atomic E-state index is 13.3. The third-order valence-electron chi connectivity index (χ3n) is 4.11. The number of morpholine rings is 1. The topological polar surface area (TPSA) is 85.2 Å². The van der Waals surface area contributed by atoms with E-state index in [0.717, 1.165) is 13.1 Å². The summed E-state index contributed by atoms with van der Waals surface area (Å²) in [5.74, 6) is -0.958. The number of alkyl halides is 3. The fourth-order valence-electron chi connectivity index (χ4n) is 2.66. The van der Waals surface area contributed by atoms with Crippen molar-refractivity contribution in [1.82, 2.24) is 30.2 Å². The van der Waals surface area contributed by atoms with Gasteiger partial charge in [0.1, 0.15) is 0 Å². The van der Waals surface area contributed by atoms with Gasteiger partial charge in [-0.1, -0.05) is 11.3 Å². The molecule has 1 N–H and O–H groups in total. The molecule has 2 aromatic heterocycles. The smallest absolute Gasteiger partial charge is 0.379 e. The lowest BCUT2D eigenvalue weighted by molar-refractivity contribution is -0.156. The lowest BCUT2D eigenvalue weighted by Crippen LogP contribution is -2.38. The van der Waals surface area contributed by atoms with Crippen molar-refractivity contribution in [1.29, 1.82) is 0 Å². The molecule has 1 unspecified atom stereocenters. The summed E-state index contributed by atoms with van der Waals surface area (Å²) < 4.78 is 46.6. The number of aromatic nitrogens is 4. The van der Waals surface area contributed by atoms with Crippen LogP contribution < -0.4 is 5.32 Å². The minimum absolute atomic E-state index is 0.179. The second kappa shape index (κ2) is 8.44. The largest absolute Gasteiger partial charge is 0.414 e. The molecule has 0 bridgehead atoms. The number of nitrogens with one attached hydrogen (secondary N) is 1. The van der Waals surface area contributed by atoms with E-state index in [0.29, 0.717) is 26.3 Å². The van der Waals surface area contributed by atoms with E-state index in [4.69, 9.17) is 4.74 Å². The molecule has 1 atom stereocenters. The van der Waals surface area contributed by atoms with Crippen molar-refractivity contribution in [3.63, 3.8) is 0 Å². The van der Waals surface area contributed by atoms with Crippen molar-refractivity contribution >= 4 is 5.91 Å².